The van der Waals surface area contributed by atoms with Gasteiger partial charge < -0.3 is 0 Å². The Labute approximate surface area is 87.5 Å². The van der Waals surface area contributed by atoms with Crippen molar-refractivity contribution < 1.29 is 0 Å². The van der Waals surface area contributed by atoms with Crippen LogP contribution in [-0.4, -0.2) is 13.7 Å². The molecule has 2 rings (SSSR count). The number of pyridine rings is 1. The molecule has 0 bridgehead atoms. The molecule has 0 aliphatic heterocycles. The molecule has 2 heterocycles. The molecule has 4 heteroatoms. The van der Waals surface area contributed by atoms with Crippen LogP contribution in [0.25, 0.3) is 11.0 Å². The van der Waals surface area contributed by atoms with Gasteiger partial charge in [-0.05, 0) is 12.3 Å². The zero-order valence-corrected chi connectivity index (χ0v) is 9.64. The van der Waals surface area contributed by atoms with E-state index in [1.54, 1.807) is 0 Å². The largest absolute Gasteiger partial charge is 0.259 e. The van der Waals surface area contributed by atoms with E-state index in [4.69, 9.17) is 0 Å². The predicted molar refractivity (Wildman–Crippen MR) is 58.6 cm³/mol. The van der Waals surface area contributed by atoms with Crippen molar-refractivity contribution in [1.82, 2.24) is 13.7 Å². The van der Waals surface area contributed by atoms with E-state index in [0.29, 0.717) is 0 Å². The Hall–Kier alpha value is -1.03. The second kappa shape index (κ2) is 2.98. The minimum Gasteiger partial charge on any atom is -0.259 e. The maximum absolute atomic E-state index is 4.35. The van der Waals surface area contributed by atoms with Crippen LogP contribution in [0.3, 0.4) is 0 Å². The van der Waals surface area contributed by atoms with E-state index in [1.165, 1.54) is 17.3 Å². The number of aryl methyl sites for hydroxylation is 1. The van der Waals surface area contributed by atoms with Gasteiger partial charge in [-0.2, -0.15) is 8.75 Å². The van der Waals surface area contributed by atoms with Gasteiger partial charge in [-0.15, -0.1) is 0 Å². The minimum atomic E-state index is 0.0781. The van der Waals surface area contributed by atoms with Crippen molar-refractivity contribution in [2.45, 2.75) is 33.1 Å². The summed E-state index contributed by atoms with van der Waals surface area (Å²) in [5, 5.41) is 0. The standard InChI is InChI=1S/C10H13N3S/c1-6-8-9(13-14-12-8)7(5-11-6)10(2,3)4/h5H,1-4H3. The van der Waals surface area contributed by atoms with Crippen LogP contribution in [-0.2, 0) is 5.41 Å². The van der Waals surface area contributed by atoms with E-state index in [9.17, 15) is 0 Å². The molecule has 2 aromatic heterocycles. The zero-order valence-electron chi connectivity index (χ0n) is 8.83. The normalized spacial score (nSPS) is 12.3. The van der Waals surface area contributed by atoms with E-state index in [2.05, 4.69) is 34.5 Å². The highest BCUT2D eigenvalue weighted by Crippen LogP contribution is 2.28. The van der Waals surface area contributed by atoms with Crippen molar-refractivity contribution >= 4 is 22.8 Å². The Morgan fingerprint density at radius 3 is 2.43 bits per heavy atom. The van der Waals surface area contributed by atoms with Crippen LogP contribution in [0.2, 0.25) is 0 Å². The van der Waals surface area contributed by atoms with Crippen LogP contribution in [0.5, 0.6) is 0 Å². The van der Waals surface area contributed by atoms with Crippen LogP contribution in [0.4, 0.5) is 0 Å². The van der Waals surface area contributed by atoms with Crippen LogP contribution in [0.15, 0.2) is 6.20 Å². The molecule has 0 radical (unpaired) electrons. The highest BCUT2D eigenvalue weighted by molar-refractivity contribution is 7.00. The van der Waals surface area contributed by atoms with E-state index < -0.39 is 0 Å². The lowest BCUT2D eigenvalue weighted by molar-refractivity contribution is 0.592. The fraction of sp³-hybridized carbons (Fsp3) is 0.500. The average molecular weight is 207 g/mol. The van der Waals surface area contributed by atoms with Gasteiger partial charge in [-0.25, -0.2) is 0 Å². The lowest BCUT2D eigenvalue weighted by Crippen LogP contribution is -2.12. The molecule has 0 amide bonds. The van der Waals surface area contributed by atoms with Gasteiger partial charge in [0.2, 0.25) is 0 Å². The molecule has 0 fully saturated rings. The maximum atomic E-state index is 4.35. The Kier molecular flexibility index (Phi) is 2.03. The van der Waals surface area contributed by atoms with Crippen LogP contribution < -0.4 is 0 Å². The van der Waals surface area contributed by atoms with Crippen molar-refractivity contribution in [2.75, 3.05) is 0 Å². The van der Waals surface area contributed by atoms with Crippen molar-refractivity contribution in [1.29, 1.82) is 0 Å². The zero-order chi connectivity index (χ0) is 10.3. The molecule has 2 aromatic rings. The molecule has 0 aliphatic rings. The Balaban J connectivity index is 2.80. The number of hydrogen-bond donors (Lipinski definition) is 0. The number of aromatic nitrogens is 3. The third kappa shape index (κ3) is 1.39. The second-order valence-corrected chi connectivity index (χ2v) is 5.00. The Morgan fingerprint density at radius 1 is 1.14 bits per heavy atom. The average Bonchev–Trinajstić information content (AvgIpc) is 2.50. The number of rotatable bonds is 0. The van der Waals surface area contributed by atoms with Gasteiger partial charge >= 0.3 is 0 Å². The first-order chi connectivity index (χ1) is 6.50. The number of hydrogen-bond acceptors (Lipinski definition) is 4. The Morgan fingerprint density at radius 2 is 1.79 bits per heavy atom. The molecular formula is C10H13N3S. The molecule has 0 saturated carbocycles. The Bertz CT molecular complexity index is 468. The molecule has 14 heavy (non-hydrogen) atoms. The topological polar surface area (TPSA) is 38.7 Å². The molecule has 0 spiro atoms. The van der Waals surface area contributed by atoms with Crippen LogP contribution in [0, 0.1) is 6.92 Å². The summed E-state index contributed by atoms with van der Waals surface area (Å²) in [6.07, 6.45) is 1.92. The lowest BCUT2D eigenvalue weighted by atomic mass is 9.87. The summed E-state index contributed by atoms with van der Waals surface area (Å²) >= 11 is 1.26. The van der Waals surface area contributed by atoms with Gasteiger partial charge in [0, 0.05) is 11.8 Å². The first kappa shape index (κ1) is 9.52. The molecular weight excluding hydrogens is 194 g/mol. The summed E-state index contributed by atoms with van der Waals surface area (Å²) in [6, 6.07) is 0. The highest BCUT2D eigenvalue weighted by atomic mass is 32.1. The van der Waals surface area contributed by atoms with Gasteiger partial charge in [-0.3, -0.25) is 4.98 Å². The van der Waals surface area contributed by atoms with Gasteiger partial charge in [0.1, 0.15) is 11.0 Å². The molecule has 0 aromatic carbocycles. The van der Waals surface area contributed by atoms with Crippen molar-refractivity contribution in [3.05, 3.63) is 17.5 Å². The molecule has 0 aliphatic carbocycles. The summed E-state index contributed by atoms with van der Waals surface area (Å²) in [4.78, 5) is 4.35. The van der Waals surface area contributed by atoms with E-state index in [1.807, 2.05) is 13.1 Å². The van der Waals surface area contributed by atoms with Crippen LogP contribution in [0.1, 0.15) is 32.0 Å². The molecule has 0 saturated heterocycles. The van der Waals surface area contributed by atoms with Gasteiger partial charge in [0.15, 0.2) is 0 Å². The minimum absolute atomic E-state index is 0.0781. The summed E-state index contributed by atoms with van der Waals surface area (Å²) in [7, 11) is 0. The second-order valence-electron chi connectivity index (χ2n) is 4.47. The maximum Gasteiger partial charge on any atom is 0.126 e. The third-order valence-electron chi connectivity index (χ3n) is 2.28. The van der Waals surface area contributed by atoms with Crippen molar-refractivity contribution in [3.8, 4) is 0 Å². The first-order valence-corrected chi connectivity index (χ1v) is 5.31. The summed E-state index contributed by atoms with van der Waals surface area (Å²) in [5.41, 5.74) is 4.17. The SMILES string of the molecule is Cc1ncc(C(C)(C)C)c2nsnc12. The third-order valence-corrected chi connectivity index (χ3v) is 2.81. The molecule has 0 unspecified atom stereocenters. The van der Waals surface area contributed by atoms with Gasteiger partial charge in [0.25, 0.3) is 0 Å². The smallest absolute Gasteiger partial charge is 0.126 e. The highest BCUT2D eigenvalue weighted by Gasteiger charge is 2.20. The molecule has 3 nitrogen and oxygen atoms in total. The molecule has 0 N–H and O–H groups in total. The fourth-order valence-corrected chi connectivity index (χ4v) is 2.04. The first-order valence-electron chi connectivity index (χ1n) is 4.58. The molecule has 0 atom stereocenters. The van der Waals surface area contributed by atoms with E-state index >= 15 is 0 Å². The fourth-order valence-electron chi connectivity index (χ4n) is 1.44. The van der Waals surface area contributed by atoms with Crippen molar-refractivity contribution in [2.24, 2.45) is 0 Å². The summed E-state index contributed by atoms with van der Waals surface area (Å²) in [6.45, 7) is 8.46. The van der Waals surface area contributed by atoms with E-state index in [-0.39, 0.29) is 5.41 Å². The molecule has 74 valence electrons. The number of nitrogens with zero attached hydrogens (tertiary/aromatic N) is 3. The number of fused-ring (bicyclic) bond motifs is 1. The summed E-state index contributed by atoms with van der Waals surface area (Å²) < 4.78 is 8.60. The van der Waals surface area contributed by atoms with Gasteiger partial charge in [-0.1, -0.05) is 20.8 Å². The predicted octanol–water partition coefficient (Wildman–Crippen LogP) is 2.69. The van der Waals surface area contributed by atoms with Crippen molar-refractivity contribution in [3.63, 3.8) is 0 Å². The lowest BCUT2D eigenvalue weighted by Gasteiger charge is -2.18. The monoisotopic (exact) mass is 207 g/mol. The summed E-state index contributed by atoms with van der Waals surface area (Å²) in [5.74, 6) is 0. The van der Waals surface area contributed by atoms with Crippen LogP contribution >= 0.6 is 11.7 Å². The quantitative estimate of drug-likeness (QED) is 0.666. The van der Waals surface area contributed by atoms with E-state index in [0.717, 1.165) is 16.7 Å². The van der Waals surface area contributed by atoms with Gasteiger partial charge in [0.05, 0.1) is 17.4 Å².